The zero-order chi connectivity index (χ0) is 23.2. The summed E-state index contributed by atoms with van der Waals surface area (Å²) in [5, 5.41) is 26.4. The van der Waals surface area contributed by atoms with Crippen molar-refractivity contribution >= 4 is 24.0 Å². The molecule has 9 heteroatoms. The van der Waals surface area contributed by atoms with Gasteiger partial charge in [0.25, 0.3) is 0 Å². The Morgan fingerprint density at radius 1 is 1.03 bits per heavy atom. The van der Waals surface area contributed by atoms with Crippen LogP contribution in [0.2, 0.25) is 0 Å². The van der Waals surface area contributed by atoms with Crippen molar-refractivity contribution in [3.63, 3.8) is 0 Å². The van der Waals surface area contributed by atoms with Crippen LogP contribution in [-0.2, 0) is 0 Å². The predicted octanol–water partition coefficient (Wildman–Crippen LogP) is 4.70. The topological polar surface area (TPSA) is 100 Å². The van der Waals surface area contributed by atoms with Gasteiger partial charge in [-0.1, -0.05) is 12.1 Å². The van der Waals surface area contributed by atoms with E-state index in [0.29, 0.717) is 17.2 Å². The van der Waals surface area contributed by atoms with Gasteiger partial charge in [-0.15, -0.1) is 22.6 Å². The average Bonchev–Trinajstić information content (AvgIpc) is 3.16. The van der Waals surface area contributed by atoms with Crippen molar-refractivity contribution in [2.75, 3.05) is 5.32 Å². The Kier molecular flexibility index (Phi) is 6.22. The third-order valence-corrected chi connectivity index (χ3v) is 6.02. The number of imidazole rings is 1. The van der Waals surface area contributed by atoms with E-state index >= 15 is 0 Å². The van der Waals surface area contributed by atoms with E-state index in [0.717, 1.165) is 29.7 Å². The first kappa shape index (κ1) is 23.9. The number of aromatic nitrogens is 5. The molecule has 4 heterocycles. The number of pyridine rings is 1. The van der Waals surface area contributed by atoms with Crippen LogP contribution in [0, 0.1) is 0 Å². The largest absolute Gasteiger partial charge is 0.507 e. The third kappa shape index (κ3) is 4.98. The van der Waals surface area contributed by atoms with E-state index < -0.39 is 0 Å². The summed E-state index contributed by atoms with van der Waals surface area (Å²) in [5.74, 6) is 0.612. The molecule has 3 aromatic heterocycles. The first-order valence-electron chi connectivity index (χ1n) is 11.2. The van der Waals surface area contributed by atoms with Gasteiger partial charge in [0.15, 0.2) is 0 Å². The molecule has 8 nitrogen and oxygen atoms in total. The van der Waals surface area contributed by atoms with Gasteiger partial charge in [0, 0.05) is 40.6 Å². The molecular formula is C25H30ClN7O. The standard InChI is InChI=1S/C25H29N7O.ClH/c1-24(2)12-17(13-25(3,4)31-24)27-23-26-14-19(29-30-23)18-9-8-16(11-21(18)33)20-15-32-10-6-5-7-22(32)28-20;/h5-11,14-15,17,31,33H,12-13H2,1-4H3,(H,26,27,30);1H. The first-order chi connectivity index (χ1) is 15.7. The number of aromatic hydroxyl groups is 1. The number of nitrogens with one attached hydrogen (secondary N) is 2. The number of fused-ring (bicyclic) bond motifs is 1. The lowest BCUT2D eigenvalue weighted by molar-refractivity contribution is 0.170. The van der Waals surface area contributed by atoms with Gasteiger partial charge in [0.2, 0.25) is 5.95 Å². The second kappa shape index (κ2) is 8.85. The molecule has 1 aliphatic heterocycles. The third-order valence-electron chi connectivity index (χ3n) is 6.02. The normalized spacial score (nSPS) is 17.3. The molecule has 3 N–H and O–H groups in total. The van der Waals surface area contributed by atoms with E-state index in [1.807, 2.05) is 47.1 Å². The second-order valence-electron chi connectivity index (χ2n) is 10.1. The number of hydrogen-bond donors (Lipinski definition) is 3. The van der Waals surface area contributed by atoms with Crippen LogP contribution in [-0.4, -0.2) is 46.8 Å². The number of phenolic OH excluding ortho intramolecular Hbond substituents is 1. The number of nitrogens with zero attached hydrogens (tertiary/aromatic N) is 5. The van der Waals surface area contributed by atoms with E-state index in [1.165, 1.54) is 0 Å². The molecule has 34 heavy (non-hydrogen) atoms. The van der Waals surface area contributed by atoms with E-state index in [4.69, 9.17) is 0 Å². The van der Waals surface area contributed by atoms with E-state index in [-0.39, 0.29) is 35.3 Å². The van der Waals surface area contributed by atoms with Gasteiger partial charge >= 0.3 is 0 Å². The van der Waals surface area contributed by atoms with Crippen molar-refractivity contribution in [2.45, 2.75) is 57.7 Å². The number of benzene rings is 1. The van der Waals surface area contributed by atoms with Crippen LogP contribution < -0.4 is 10.6 Å². The van der Waals surface area contributed by atoms with Crippen LogP contribution in [0.3, 0.4) is 0 Å². The summed E-state index contributed by atoms with van der Waals surface area (Å²) in [5.41, 5.74) is 3.64. The predicted molar refractivity (Wildman–Crippen MR) is 136 cm³/mol. The fraction of sp³-hybridized carbons (Fsp3) is 0.360. The van der Waals surface area contributed by atoms with Crippen molar-refractivity contribution < 1.29 is 5.11 Å². The molecule has 0 bridgehead atoms. The van der Waals surface area contributed by atoms with Crippen LogP contribution in [0.25, 0.3) is 28.2 Å². The van der Waals surface area contributed by atoms with Gasteiger partial charge < -0.3 is 20.1 Å². The van der Waals surface area contributed by atoms with Crippen LogP contribution in [0.4, 0.5) is 5.95 Å². The molecule has 0 atom stereocenters. The maximum absolute atomic E-state index is 10.7. The maximum Gasteiger partial charge on any atom is 0.242 e. The van der Waals surface area contributed by atoms with Crippen molar-refractivity contribution in [2.24, 2.45) is 0 Å². The van der Waals surface area contributed by atoms with Gasteiger partial charge in [0.05, 0.1) is 11.9 Å². The summed E-state index contributed by atoms with van der Waals surface area (Å²) in [6, 6.07) is 11.5. The fourth-order valence-electron chi connectivity index (χ4n) is 5.05. The summed E-state index contributed by atoms with van der Waals surface area (Å²) >= 11 is 0. The summed E-state index contributed by atoms with van der Waals surface area (Å²) in [6.07, 6.45) is 7.46. The summed E-state index contributed by atoms with van der Waals surface area (Å²) in [7, 11) is 0. The van der Waals surface area contributed by atoms with Crippen LogP contribution in [0.5, 0.6) is 5.75 Å². The van der Waals surface area contributed by atoms with Crippen molar-refractivity contribution in [3.8, 4) is 28.3 Å². The molecule has 0 saturated carbocycles. The summed E-state index contributed by atoms with van der Waals surface area (Å²) < 4.78 is 1.95. The lowest BCUT2D eigenvalue weighted by Crippen LogP contribution is -2.60. The minimum atomic E-state index is 0. The quantitative estimate of drug-likeness (QED) is 0.390. The SMILES string of the molecule is CC1(C)CC(Nc2ncc(-c3ccc(-c4cn5ccccc5n4)cc3O)nn2)CC(C)(C)N1.Cl. The number of halogens is 1. The van der Waals surface area contributed by atoms with Crippen LogP contribution in [0.15, 0.2) is 55.0 Å². The monoisotopic (exact) mass is 479 g/mol. The van der Waals surface area contributed by atoms with Gasteiger partial charge in [-0.2, -0.15) is 0 Å². The zero-order valence-electron chi connectivity index (χ0n) is 19.8. The molecular weight excluding hydrogens is 450 g/mol. The average molecular weight is 480 g/mol. The first-order valence-corrected chi connectivity index (χ1v) is 11.2. The Morgan fingerprint density at radius 3 is 2.44 bits per heavy atom. The van der Waals surface area contributed by atoms with Gasteiger partial charge in [0.1, 0.15) is 17.1 Å². The van der Waals surface area contributed by atoms with Gasteiger partial charge in [-0.25, -0.2) is 9.97 Å². The highest BCUT2D eigenvalue weighted by Gasteiger charge is 2.37. The highest BCUT2D eigenvalue weighted by Crippen LogP contribution is 2.33. The minimum absolute atomic E-state index is 0. The van der Waals surface area contributed by atoms with Crippen molar-refractivity contribution in [3.05, 3.63) is 55.0 Å². The molecule has 1 fully saturated rings. The zero-order valence-corrected chi connectivity index (χ0v) is 20.6. The minimum Gasteiger partial charge on any atom is -0.507 e. The Morgan fingerprint density at radius 2 is 1.79 bits per heavy atom. The number of hydrogen-bond acceptors (Lipinski definition) is 7. The number of piperidine rings is 1. The second-order valence-corrected chi connectivity index (χ2v) is 10.1. The van der Waals surface area contributed by atoms with E-state index in [9.17, 15) is 5.11 Å². The molecule has 1 saturated heterocycles. The van der Waals surface area contributed by atoms with Crippen LogP contribution in [0.1, 0.15) is 40.5 Å². The Bertz CT molecular complexity index is 1250. The van der Waals surface area contributed by atoms with E-state index in [1.54, 1.807) is 12.3 Å². The molecule has 0 amide bonds. The smallest absolute Gasteiger partial charge is 0.242 e. The molecule has 1 aliphatic rings. The molecule has 5 rings (SSSR count). The highest BCUT2D eigenvalue weighted by molar-refractivity contribution is 5.85. The van der Waals surface area contributed by atoms with Crippen LogP contribution >= 0.6 is 12.4 Å². The van der Waals surface area contributed by atoms with Gasteiger partial charge in [-0.05, 0) is 64.8 Å². The fourth-order valence-corrected chi connectivity index (χ4v) is 5.05. The lowest BCUT2D eigenvalue weighted by Gasteiger charge is -2.46. The molecule has 0 aliphatic carbocycles. The van der Waals surface area contributed by atoms with Crippen molar-refractivity contribution in [1.82, 2.24) is 29.9 Å². The number of anilines is 1. The molecule has 178 valence electrons. The van der Waals surface area contributed by atoms with E-state index in [2.05, 4.69) is 58.5 Å². The maximum atomic E-state index is 10.7. The lowest BCUT2D eigenvalue weighted by atomic mass is 9.80. The Hall–Kier alpha value is -3.23. The molecule has 0 unspecified atom stereocenters. The molecule has 1 aromatic carbocycles. The summed E-state index contributed by atoms with van der Waals surface area (Å²) in [4.78, 5) is 9.08. The molecule has 4 aromatic rings. The Balaban J connectivity index is 0.00000274. The highest BCUT2D eigenvalue weighted by atomic mass is 35.5. The molecule has 0 spiro atoms. The van der Waals surface area contributed by atoms with Gasteiger partial charge in [-0.3, -0.25) is 0 Å². The molecule has 0 radical (unpaired) electrons. The number of rotatable bonds is 4. The number of phenols is 1. The van der Waals surface area contributed by atoms with Crippen molar-refractivity contribution in [1.29, 1.82) is 0 Å². The Labute approximate surface area is 205 Å². The summed E-state index contributed by atoms with van der Waals surface area (Å²) in [6.45, 7) is 8.85.